The van der Waals surface area contributed by atoms with Gasteiger partial charge in [0.1, 0.15) is 6.04 Å². The second-order valence-corrected chi connectivity index (χ2v) is 7.88. The second-order valence-electron chi connectivity index (χ2n) is 5.20. The van der Waals surface area contributed by atoms with E-state index in [0.29, 0.717) is 4.31 Å². The van der Waals surface area contributed by atoms with E-state index in [9.17, 15) is 28.4 Å². The monoisotopic (exact) mass is 418 g/mol. The Morgan fingerprint density at radius 1 is 1.19 bits per heavy atom. The lowest BCUT2D eigenvalue weighted by atomic mass is 10.2. The summed E-state index contributed by atoms with van der Waals surface area (Å²) in [4.78, 5) is 21.2. The fourth-order valence-electron chi connectivity index (χ4n) is 2.21. The number of anilines is 1. The number of non-ortho nitro benzene ring substituents is 1. The van der Waals surface area contributed by atoms with Gasteiger partial charge < -0.3 is 5.11 Å². The number of nitro benzene ring substituents is 1. The molecule has 0 heterocycles. The lowest BCUT2D eigenvalue weighted by molar-refractivity contribution is -0.385. The van der Waals surface area contributed by atoms with E-state index < -0.39 is 37.5 Å². The summed E-state index contributed by atoms with van der Waals surface area (Å²) < 4.78 is 26.7. The fraction of sp³-hybridized carbons (Fsp3) is 0.133. The maximum atomic E-state index is 13.0. The van der Waals surface area contributed by atoms with Crippen molar-refractivity contribution in [2.24, 2.45) is 0 Å². The van der Waals surface area contributed by atoms with Gasteiger partial charge in [-0.3, -0.25) is 14.4 Å². The molecule has 0 fully saturated rings. The number of hydrogen-bond acceptors (Lipinski definition) is 5. The van der Waals surface area contributed by atoms with Gasteiger partial charge in [0.05, 0.1) is 15.5 Å². The Hall–Kier alpha value is -2.36. The van der Waals surface area contributed by atoms with Crippen molar-refractivity contribution in [3.05, 3.63) is 62.6 Å². The molecule has 0 aliphatic rings. The minimum absolute atomic E-state index is 0.0797. The molecule has 0 saturated heterocycles. The van der Waals surface area contributed by atoms with Crippen LogP contribution in [-0.4, -0.2) is 30.5 Å². The molecule has 0 radical (unpaired) electrons. The minimum Gasteiger partial charge on any atom is -0.480 e. The van der Waals surface area contributed by atoms with Gasteiger partial charge in [-0.2, -0.15) is 0 Å². The van der Waals surface area contributed by atoms with Crippen LogP contribution in [0.3, 0.4) is 0 Å². The van der Waals surface area contributed by atoms with Gasteiger partial charge in [-0.05, 0) is 31.2 Å². The minimum atomic E-state index is -4.46. The molecule has 0 amide bonds. The zero-order valence-corrected chi connectivity index (χ0v) is 15.5. The quantitative estimate of drug-likeness (QED) is 0.565. The summed E-state index contributed by atoms with van der Waals surface area (Å²) in [7, 11) is -4.46. The average molecular weight is 419 g/mol. The first kappa shape index (κ1) is 20.0. The number of nitro groups is 1. The van der Waals surface area contributed by atoms with E-state index in [1.807, 2.05) is 0 Å². The van der Waals surface area contributed by atoms with Gasteiger partial charge >= 0.3 is 5.97 Å². The Balaban J connectivity index is 2.70. The molecule has 0 bridgehead atoms. The molecule has 138 valence electrons. The third kappa shape index (κ3) is 4.06. The number of carboxylic acids is 1. The van der Waals surface area contributed by atoms with Crippen molar-refractivity contribution in [2.45, 2.75) is 17.9 Å². The molecule has 8 nitrogen and oxygen atoms in total. The first-order valence-corrected chi connectivity index (χ1v) is 9.21. The first-order chi connectivity index (χ1) is 12.0. The SMILES string of the molecule is CC(C(=O)O)N(c1cc(Cl)cc(Cl)c1)S(=O)(=O)c1cccc([N+](=O)[O-])c1. The van der Waals surface area contributed by atoms with Gasteiger partial charge in [-0.15, -0.1) is 0 Å². The summed E-state index contributed by atoms with van der Waals surface area (Å²) in [6, 6.07) is 6.62. The van der Waals surface area contributed by atoms with Crippen LogP contribution in [0.25, 0.3) is 0 Å². The van der Waals surface area contributed by atoms with Gasteiger partial charge in [-0.1, -0.05) is 29.3 Å². The lowest BCUT2D eigenvalue weighted by Gasteiger charge is -2.28. The summed E-state index contributed by atoms with van der Waals surface area (Å²) in [5, 5.41) is 20.4. The molecule has 2 aromatic rings. The second kappa shape index (κ2) is 7.48. The molecule has 0 aromatic heterocycles. The summed E-state index contributed by atoms with van der Waals surface area (Å²) in [5.74, 6) is -1.42. The van der Waals surface area contributed by atoms with E-state index >= 15 is 0 Å². The van der Waals surface area contributed by atoms with Gasteiger partial charge in [0.25, 0.3) is 15.7 Å². The fourth-order valence-corrected chi connectivity index (χ4v) is 4.36. The van der Waals surface area contributed by atoms with Crippen LogP contribution < -0.4 is 4.31 Å². The van der Waals surface area contributed by atoms with E-state index in [0.717, 1.165) is 25.1 Å². The van der Waals surface area contributed by atoms with Crippen LogP contribution in [0.1, 0.15) is 6.92 Å². The Labute approximate surface area is 158 Å². The van der Waals surface area contributed by atoms with E-state index in [1.165, 1.54) is 24.3 Å². The highest BCUT2D eigenvalue weighted by molar-refractivity contribution is 7.93. The predicted molar refractivity (Wildman–Crippen MR) is 96.3 cm³/mol. The van der Waals surface area contributed by atoms with E-state index in [1.54, 1.807) is 0 Å². The number of halogens is 2. The summed E-state index contributed by atoms with van der Waals surface area (Å²) >= 11 is 11.8. The number of hydrogen-bond donors (Lipinski definition) is 1. The summed E-state index contributed by atoms with van der Waals surface area (Å²) in [6.07, 6.45) is 0. The van der Waals surface area contributed by atoms with Crippen LogP contribution in [0, 0.1) is 10.1 Å². The molecule has 1 N–H and O–H groups in total. The van der Waals surface area contributed by atoms with Crippen molar-refractivity contribution in [1.29, 1.82) is 0 Å². The molecule has 2 rings (SSSR count). The van der Waals surface area contributed by atoms with E-state index in [-0.39, 0.29) is 15.7 Å². The van der Waals surface area contributed by atoms with Crippen molar-refractivity contribution in [2.75, 3.05) is 4.31 Å². The van der Waals surface area contributed by atoms with Crippen molar-refractivity contribution in [1.82, 2.24) is 0 Å². The number of benzene rings is 2. The lowest BCUT2D eigenvalue weighted by Crippen LogP contribution is -2.43. The third-order valence-electron chi connectivity index (χ3n) is 3.40. The topological polar surface area (TPSA) is 118 Å². The maximum absolute atomic E-state index is 13.0. The van der Waals surface area contributed by atoms with Crippen LogP contribution in [0.15, 0.2) is 47.4 Å². The molecule has 2 aromatic carbocycles. The number of carbonyl (C=O) groups is 1. The molecule has 26 heavy (non-hydrogen) atoms. The normalized spacial score (nSPS) is 12.4. The molecule has 0 aliphatic carbocycles. The van der Waals surface area contributed by atoms with Gasteiger partial charge in [0.2, 0.25) is 0 Å². The molecular weight excluding hydrogens is 407 g/mol. The van der Waals surface area contributed by atoms with Gasteiger partial charge in [0, 0.05) is 22.2 Å². The smallest absolute Gasteiger partial charge is 0.327 e. The van der Waals surface area contributed by atoms with E-state index in [2.05, 4.69) is 0 Å². The highest BCUT2D eigenvalue weighted by atomic mass is 35.5. The number of nitrogens with zero attached hydrogens (tertiary/aromatic N) is 2. The zero-order valence-electron chi connectivity index (χ0n) is 13.2. The Morgan fingerprint density at radius 3 is 2.27 bits per heavy atom. The first-order valence-electron chi connectivity index (χ1n) is 7.02. The van der Waals surface area contributed by atoms with Crippen molar-refractivity contribution >= 4 is 50.6 Å². The molecule has 1 atom stereocenters. The molecule has 1 unspecified atom stereocenters. The number of aliphatic carboxylic acids is 1. The molecule has 0 saturated carbocycles. The third-order valence-corrected chi connectivity index (χ3v) is 5.73. The van der Waals surface area contributed by atoms with Crippen molar-refractivity contribution in [3.8, 4) is 0 Å². The Morgan fingerprint density at radius 2 is 1.77 bits per heavy atom. The van der Waals surface area contributed by atoms with Crippen LogP contribution in [0.2, 0.25) is 10.0 Å². The molecule has 0 aliphatic heterocycles. The average Bonchev–Trinajstić information content (AvgIpc) is 2.53. The van der Waals surface area contributed by atoms with Crippen molar-refractivity contribution < 1.29 is 23.2 Å². The van der Waals surface area contributed by atoms with Crippen molar-refractivity contribution in [3.63, 3.8) is 0 Å². The highest BCUT2D eigenvalue weighted by Gasteiger charge is 2.34. The number of rotatable bonds is 6. The van der Waals surface area contributed by atoms with E-state index in [4.69, 9.17) is 23.2 Å². The molecular formula is C15H12Cl2N2O6S. The highest BCUT2D eigenvalue weighted by Crippen LogP contribution is 2.32. The van der Waals surface area contributed by atoms with Crippen LogP contribution in [-0.2, 0) is 14.8 Å². The molecule has 0 spiro atoms. The summed E-state index contributed by atoms with van der Waals surface area (Å²) in [6.45, 7) is 1.16. The predicted octanol–water partition coefficient (Wildman–Crippen LogP) is 3.57. The number of sulfonamides is 1. The van der Waals surface area contributed by atoms with Crippen LogP contribution >= 0.6 is 23.2 Å². The van der Waals surface area contributed by atoms with Gasteiger partial charge in [0.15, 0.2) is 0 Å². The standard InChI is InChI=1S/C15H12Cl2N2O6S/c1-9(15(20)21)18(13-6-10(16)5-11(17)7-13)26(24,25)14-4-2-3-12(8-14)19(22)23/h2-9H,1H3,(H,20,21). The maximum Gasteiger partial charge on any atom is 0.327 e. The van der Waals surface area contributed by atoms with Crippen LogP contribution in [0.5, 0.6) is 0 Å². The summed E-state index contributed by atoms with van der Waals surface area (Å²) in [5.41, 5.74) is -0.526. The Kier molecular flexibility index (Phi) is 5.74. The Bertz CT molecular complexity index is 960. The van der Waals surface area contributed by atoms with Gasteiger partial charge in [-0.25, -0.2) is 13.2 Å². The zero-order chi connectivity index (χ0) is 19.6. The number of carboxylic acid groups (broad SMARTS) is 1. The molecule has 11 heteroatoms. The van der Waals surface area contributed by atoms with Crippen LogP contribution in [0.4, 0.5) is 11.4 Å². The largest absolute Gasteiger partial charge is 0.480 e.